The highest BCUT2D eigenvalue weighted by Crippen LogP contribution is 2.69. The zero-order valence-corrected chi connectivity index (χ0v) is 11.9. The van der Waals surface area contributed by atoms with Gasteiger partial charge in [0.2, 0.25) is 0 Å². The van der Waals surface area contributed by atoms with Gasteiger partial charge in [0.1, 0.15) is 5.78 Å². The van der Waals surface area contributed by atoms with Gasteiger partial charge in [-0.15, -0.1) is 0 Å². The molecule has 2 unspecified atom stereocenters. The minimum absolute atomic E-state index is 0.00814. The van der Waals surface area contributed by atoms with Crippen molar-refractivity contribution in [2.75, 3.05) is 0 Å². The number of benzene rings is 1. The van der Waals surface area contributed by atoms with E-state index in [-0.39, 0.29) is 12.2 Å². The van der Waals surface area contributed by atoms with Gasteiger partial charge in [-0.25, -0.2) is 0 Å². The van der Waals surface area contributed by atoms with Crippen LogP contribution < -0.4 is 0 Å². The third-order valence-electron chi connectivity index (χ3n) is 4.42. The van der Waals surface area contributed by atoms with E-state index < -0.39 is 22.7 Å². The summed E-state index contributed by atoms with van der Waals surface area (Å²) in [5, 5.41) is 38.1. The predicted molar refractivity (Wildman–Crippen MR) is 75.3 cm³/mol. The summed E-state index contributed by atoms with van der Waals surface area (Å²) in [7, 11) is 0. The van der Waals surface area contributed by atoms with Crippen LogP contribution in [0.5, 0.6) is 0 Å². The second-order valence-electron chi connectivity index (χ2n) is 5.46. The maximum Gasteiger partial charge on any atom is 0.182 e. The Morgan fingerprint density at radius 1 is 1.00 bits per heavy atom. The molecule has 5 heteroatoms. The number of hydrogen-bond donors (Lipinski definition) is 0. The van der Waals surface area contributed by atoms with Gasteiger partial charge in [-0.2, -0.15) is 21.0 Å². The van der Waals surface area contributed by atoms with Gasteiger partial charge in [0.25, 0.3) is 0 Å². The highest BCUT2D eigenvalue weighted by Gasteiger charge is 2.75. The average molecular weight is 288 g/mol. The molecule has 0 aromatic heterocycles. The number of rotatable bonds is 3. The first kappa shape index (κ1) is 15.2. The number of nitrogens with zero attached hydrogens (tertiary/aromatic N) is 4. The molecule has 5 nitrogen and oxygen atoms in total. The molecule has 22 heavy (non-hydrogen) atoms. The first-order valence-electron chi connectivity index (χ1n) is 6.72. The minimum atomic E-state index is -1.79. The van der Waals surface area contributed by atoms with Crippen molar-refractivity contribution in [2.45, 2.75) is 19.3 Å². The Hall–Kier alpha value is -3.15. The van der Waals surface area contributed by atoms with E-state index >= 15 is 0 Å². The van der Waals surface area contributed by atoms with Crippen LogP contribution in [0.15, 0.2) is 30.3 Å². The van der Waals surface area contributed by atoms with Crippen LogP contribution in [0.3, 0.4) is 0 Å². The van der Waals surface area contributed by atoms with E-state index in [0.29, 0.717) is 5.56 Å². The quantitative estimate of drug-likeness (QED) is 0.847. The van der Waals surface area contributed by atoms with E-state index in [9.17, 15) is 25.8 Å². The zero-order valence-electron chi connectivity index (χ0n) is 11.9. The number of carbonyl (C=O) groups excluding carboxylic acids is 1. The molecule has 2 rings (SSSR count). The van der Waals surface area contributed by atoms with Crippen molar-refractivity contribution < 1.29 is 4.79 Å². The molecule has 1 aromatic carbocycles. The standard InChI is InChI=1S/C17H12N4O/c1-12(22)7-14-15(13-5-3-2-4-6-13)17(10-20,11-21)16(14,8-18)9-19/h2-6,14-15H,7H2,1H3. The minimum Gasteiger partial charge on any atom is -0.300 e. The number of nitriles is 4. The molecule has 1 fully saturated rings. The Balaban J connectivity index is 2.67. The van der Waals surface area contributed by atoms with E-state index in [1.165, 1.54) is 6.92 Å². The van der Waals surface area contributed by atoms with Gasteiger partial charge in [-0.1, -0.05) is 30.3 Å². The van der Waals surface area contributed by atoms with Crippen LogP contribution >= 0.6 is 0 Å². The molecule has 106 valence electrons. The molecule has 1 aliphatic carbocycles. The molecule has 2 atom stereocenters. The summed E-state index contributed by atoms with van der Waals surface area (Å²) in [6.45, 7) is 1.38. The normalized spacial score (nSPS) is 23.7. The fourth-order valence-corrected chi connectivity index (χ4v) is 3.42. The van der Waals surface area contributed by atoms with Crippen molar-refractivity contribution in [3.63, 3.8) is 0 Å². The highest BCUT2D eigenvalue weighted by atomic mass is 16.1. The van der Waals surface area contributed by atoms with E-state index in [1.54, 1.807) is 30.3 Å². The molecule has 0 aliphatic heterocycles. The van der Waals surface area contributed by atoms with Crippen molar-refractivity contribution in [3.8, 4) is 24.3 Å². The van der Waals surface area contributed by atoms with E-state index in [4.69, 9.17) is 0 Å². The fourth-order valence-electron chi connectivity index (χ4n) is 3.42. The lowest BCUT2D eigenvalue weighted by Gasteiger charge is -2.55. The van der Waals surface area contributed by atoms with Crippen LogP contribution in [-0.4, -0.2) is 5.78 Å². The topological polar surface area (TPSA) is 112 Å². The van der Waals surface area contributed by atoms with E-state index in [2.05, 4.69) is 0 Å². The molecule has 0 bridgehead atoms. The Bertz CT molecular complexity index is 742. The van der Waals surface area contributed by atoms with Gasteiger partial charge in [-0.05, 0) is 12.5 Å². The summed E-state index contributed by atoms with van der Waals surface area (Å²) >= 11 is 0. The molecule has 0 radical (unpaired) electrons. The molecule has 0 heterocycles. The van der Waals surface area contributed by atoms with Crippen molar-refractivity contribution in [3.05, 3.63) is 35.9 Å². The lowest BCUT2D eigenvalue weighted by atomic mass is 9.38. The van der Waals surface area contributed by atoms with Crippen LogP contribution in [0.2, 0.25) is 0 Å². The highest BCUT2D eigenvalue weighted by molar-refractivity contribution is 5.77. The molecule has 0 saturated heterocycles. The van der Waals surface area contributed by atoms with Gasteiger partial charge in [0, 0.05) is 18.3 Å². The SMILES string of the molecule is CC(=O)CC1C(c2ccccc2)C(C#N)(C#N)C1(C#N)C#N. The summed E-state index contributed by atoms with van der Waals surface area (Å²) in [4.78, 5) is 11.5. The summed E-state index contributed by atoms with van der Waals surface area (Å²) in [6, 6.07) is 16.3. The average Bonchev–Trinajstić information content (AvgIpc) is 2.53. The van der Waals surface area contributed by atoms with Crippen molar-refractivity contribution in [1.82, 2.24) is 0 Å². The Labute approximate surface area is 128 Å². The number of Topliss-reactive ketones (excluding diaryl/α,β-unsaturated/α-hetero) is 1. The second kappa shape index (κ2) is 5.33. The summed E-state index contributed by atoms with van der Waals surface area (Å²) < 4.78 is 0. The smallest absolute Gasteiger partial charge is 0.182 e. The molecule has 1 aliphatic rings. The van der Waals surface area contributed by atoms with Crippen LogP contribution in [0, 0.1) is 62.1 Å². The lowest BCUT2D eigenvalue weighted by Crippen LogP contribution is -2.62. The van der Waals surface area contributed by atoms with Gasteiger partial charge in [0.15, 0.2) is 10.8 Å². The summed E-state index contributed by atoms with van der Waals surface area (Å²) in [5.41, 5.74) is -2.86. The maximum atomic E-state index is 11.5. The maximum absolute atomic E-state index is 11.5. The molecule has 0 amide bonds. The summed E-state index contributed by atoms with van der Waals surface area (Å²) in [5.74, 6) is -1.47. The fraction of sp³-hybridized carbons (Fsp3) is 0.353. The zero-order chi connectivity index (χ0) is 16.4. The van der Waals surface area contributed by atoms with Gasteiger partial charge in [-0.3, -0.25) is 0 Å². The predicted octanol–water partition coefficient (Wildman–Crippen LogP) is 2.45. The number of ketones is 1. The third-order valence-corrected chi connectivity index (χ3v) is 4.42. The van der Waals surface area contributed by atoms with Crippen LogP contribution in [0.4, 0.5) is 0 Å². The summed E-state index contributed by atoms with van der Waals surface area (Å²) in [6.07, 6.45) is -0.00814. The lowest BCUT2D eigenvalue weighted by molar-refractivity contribution is -0.122. The Kier molecular flexibility index (Phi) is 3.69. The van der Waals surface area contributed by atoms with Crippen molar-refractivity contribution in [1.29, 1.82) is 21.0 Å². The molecule has 1 saturated carbocycles. The molecule has 0 N–H and O–H groups in total. The molecular formula is C17H12N4O. The first-order valence-corrected chi connectivity index (χ1v) is 6.72. The molecule has 0 spiro atoms. The van der Waals surface area contributed by atoms with Gasteiger partial charge >= 0.3 is 0 Å². The first-order chi connectivity index (χ1) is 10.5. The molecule has 1 aromatic rings. The Morgan fingerprint density at radius 3 is 1.91 bits per heavy atom. The monoisotopic (exact) mass is 288 g/mol. The van der Waals surface area contributed by atoms with E-state index in [0.717, 1.165) is 0 Å². The largest absolute Gasteiger partial charge is 0.300 e. The third kappa shape index (κ3) is 1.70. The van der Waals surface area contributed by atoms with Crippen molar-refractivity contribution >= 4 is 5.78 Å². The van der Waals surface area contributed by atoms with Gasteiger partial charge < -0.3 is 4.79 Å². The van der Waals surface area contributed by atoms with Crippen LogP contribution in [0.1, 0.15) is 24.8 Å². The van der Waals surface area contributed by atoms with Crippen LogP contribution in [-0.2, 0) is 4.79 Å². The van der Waals surface area contributed by atoms with Crippen molar-refractivity contribution in [2.24, 2.45) is 16.7 Å². The molecular weight excluding hydrogens is 276 g/mol. The van der Waals surface area contributed by atoms with E-state index in [1.807, 2.05) is 24.3 Å². The second-order valence-corrected chi connectivity index (χ2v) is 5.46. The van der Waals surface area contributed by atoms with Crippen LogP contribution in [0.25, 0.3) is 0 Å². The van der Waals surface area contributed by atoms with Gasteiger partial charge in [0.05, 0.1) is 24.3 Å². The number of carbonyl (C=O) groups is 1. The number of hydrogen-bond acceptors (Lipinski definition) is 5. The Morgan fingerprint density at radius 2 is 1.50 bits per heavy atom.